The van der Waals surface area contributed by atoms with E-state index in [1.54, 1.807) is 30.3 Å². The zero-order chi connectivity index (χ0) is 25.4. The second kappa shape index (κ2) is 22.4. The van der Waals surface area contributed by atoms with Gasteiger partial charge < -0.3 is 9.47 Å². The second-order valence-electron chi connectivity index (χ2n) is 9.55. The Hall–Kier alpha value is -2.10. The van der Waals surface area contributed by atoms with Crippen LogP contribution in [0.25, 0.3) is 0 Å². The molecule has 0 saturated carbocycles. The highest BCUT2D eigenvalue weighted by Crippen LogP contribution is 2.15. The summed E-state index contributed by atoms with van der Waals surface area (Å²) in [5.74, 6) is -0.936. The maximum absolute atomic E-state index is 12.5. The summed E-state index contributed by atoms with van der Waals surface area (Å²) in [6.45, 7) is 6.63. The Bertz CT molecular complexity index is 682. The van der Waals surface area contributed by atoms with Gasteiger partial charge in [0.2, 0.25) is 0 Å². The molecule has 4 nitrogen and oxygen atoms in total. The van der Waals surface area contributed by atoms with Gasteiger partial charge in [-0.15, -0.1) is 6.58 Å². The smallest absolute Gasteiger partial charge is 0.339 e. The number of benzene rings is 1. The largest absolute Gasteiger partial charge is 0.462 e. The van der Waals surface area contributed by atoms with E-state index in [1.807, 2.05) is 0 Å². The Kier molecular flexibility index (Phi) is 19.8. The van der Waals surface area contributed by atoms with Crippen molar-refractivity contribution in [1.82, 2.24) is 0 Å². The number of hydrogen-bond acceptors (Lipinski definition) is 4. The molecule has 0 aliphatic heterocycles. The minimum atomic E-state index is -0.482. The molecule has 0 aliphatic rings. The quantitative estimate of drug-likeness (QED) is 0.0878. The van der Waals surface area contributed by atoms with Crippen molar-refractivity contribution in [2.24, 2.45) is 0 Å². The third-order valence-corrected chi connectivity index (χ3v) is 6.38. The van der Waals surface area contributed by atoms with Crippen molar-refractivity contribution >= 4 is 11.9 Å². The van der Waals surface area contributed by atoms with Crippen molar-refractivity contribution in [1.29, 1.82) is 0 Å². The zero-order valence-corrected chi connectivity index (χ0v) is 22.4. The first-order valence-corrected chi connectivity index (χ1v) is 14.2. The van der Waals surface area contributed by atoms with Crippen LogP contribution in [-0.2, 0) is 9.47 Å². The maximum Gasteiger partial charge on any atom is 0.339 e. The maximum atomic E-state index is 12.5. The lowest BCUT2D eigenvalue weighted by atomic mass is 10.0. The minimum absolute atomic E-state index is 0.267. The molecule has 0 aliphatic carbocycles. The van der Waals surface area contributed by atoms with E-state index >= 15 is 0 Å². The molecule has 0 aromatic heterocycles. The van der Waals surface area contributed by atoms with Crippen molar-refractivity contribution in [2.75, 3.05) is 13.2 Å². The summed E-state index contributed by atoms with van der Waals surface area (Å²) >= 11 is 0. The molecule has 198 valence electrons. The van der Waals surface area contributed by atoms with Gasteiger partial charge in [-0.1, -0.05) is 121 Å². The average Bonchev–Trinajstić information content (AvgIpc) is 2.88. The van der Waals surface area contributed by atoms with Gasteiger partial charge >= 0.3 is 11.9 Å². The van der Waals surface area contributed by atoms with Crippen LogP contribution in [0.1, 0.15) is 143 Å². The highest BCUT2D eigenvalue weighted by Gasteiger charge is 2.18. The van der Waals surface area contributed by atoms with Crippen LogP contribution < -0.4 is 0 Å². The average molecular weight is 487 g/mol. The van der Waals surface area contributed by atoms with Gasteiger partial charge in [0, 0.05) is 0 Å². The summed E-state index contributed by atoms with van der Waals surface area (Å²) in [5, 5.41) is 0. The van der Waals surface area contributed by atoms with Crippen molar-refractivity contribution in [2.45, 2.75) is 122 Å². The lowest BCUT2D eigenvalue weighted by molar-refractivity contribution is 0.0452. The van der Waals surface area contributed by atoms with E-state index in [2.05, 4.69) is 13.5 Å². The number of unbranched alkanes of at least 4 members (excludes halogenated alkanes) is 16. The Morgan fingerprint density at radius 2 is 1.00 bits per heavy atom. The second-order valence-corrected chi connectivity index (χ2v) is 9.55. The van der Waals surface area contributed by atoms with E-state index in [9.17, 15) is 9.59 Å². The predicted octanol–water partition coefficient (Wildman–Crippen LogP) is 9.23. The van der Waals surface area contributed by atoms with Gasteiger partial charge in [-0.05, 0) is 31.4 Å². The number of rotatable bonds is 23. The molecule has 0 unspecified atom stereocenters. The van der Waals surface area contributed by atoms with Crippen LogP contribution in [0.2, 0.25) is 0 Å². The van der Waals surface area contributed by atoms with Gasteiger partial charge in [0.15, 0.2) is 0 Å². The summed E-state index contributed by atoms with van der Waals surface area (Å²) < 4.78 is 10.7. The Labute approximate surface area is 214 Å². The first-order valence-electron chi connectivity index (χ1n) is 14.2. The number of carbonyl (C=O) groups is 2. The summed E-state index contributed by atoms with van der Waals surface area (Å²) in [6, 6.07) is 6.70. The SMILES string of the molecule is C=CCCCOC(=O)c1ccccc1C(=O)OCCCCCCCCCCCCCCCCCC. The molecule has 0 bridgehead atoms. The van der Waals surface area contributed by atoms with E-state index in [0.29, 0.717) is 13.2 Å². The van der Waals surface area contributed by atoms with Crippen LogP contribution in [0, 0.1) is 0 Å². The highest BCUT2D eigenvalue weighted by molar-refractivity contribution is 6.03. The topological polar surface area (TPSA) is 52.6 Å². The lowest BCUT2D eigenvalue weighted by Gasteiger charge is -2.10. The van der Waals surface area contributed by atoms with Gasteiger partial charge in [0.05, 0.1) is 24.3 Å². The van der Waals surface area contributed by atoms with E-state index in [0.717, 1.165) is 25.7 Å². The molecule has 35 heavy (non-hydrogen) atoms. The summed E-state index contributed by atoms with van der Waals surface area (Å²) in [5.41, 5.74) is 0.542. The van der Waals surface area contributed by atoms with Crippen molar-refractivity contribution in [3.05, 3.63) is 48.0 Å². The predicted molar refractivity (Wildman–Crippen MR) is 146 cm³/mol. The van der Waals surface area contributed by atoms with E-state index in [1.165, 1.54) is 89.9 Å². The number of carbonyl (C=O) groups excluding carboxylic acids is 2. The third-order valence-electron chi connectivity index (χ3n) is 6.38. The van der Waals surface area contributed by atoms with Crippen LogP contribution in [0.5, 0.6) is 0 Å². The van der Waals surface area contributed by atoms with Gasteiger partial charge in [-0.3, -0.25) is 0 Å². The normalized spacial score (nSPS) is 10.8. The Morgan fingerprint density at radius 3 is 1.40 bits per heavy atom. The fourth-order valence-corrected chi connectivity index (χ4v) is 4.20. The molecular formula is C31H50O4. The fourth-order valence-electron chi connectivity index (χ4n) is 4.20. The van der Waals surface area contributed by atoms with E-state index < -0.39 is 11.9 Å². The molecule has 4 heteroatoms. The van der Waals surface area contributed by atoms with E-state index in [-0.39, 0.29) is 11.1 Å². The minimum Gasteiger partial charge on any atom is -0.462 e. The number of esters is 2. The summed E-state index contributed by atoms with van der Waals surface area (Å²) in [6.07, 6.45) is 24.3. The monoisotopic (exact) mass is 486 g/mol. The van der Waals surface area contributed by atoms with Crippen LogP contribution in [-0.4, -0.2) is 25.2 Å². The molecule has 1 aromatic carbocycles. The van der Waals surface area contributed by atoms with Crippen molar-refractivity contribution in [3.63, 3.8) is 0 Å². The molecule has 0 radical (unpaired) electrons. The van der Waals surface area contributed by atoms with Gasteiger partial charge in [-0.2, -0.15) is 0 Å². The first kappa shape index (κ1) is 30.9. The molecule has 0 heterocycles. The molecular weight excluding hydrogens is 436 g/mol. The molecule has 0 N–H and O–H groups in total. The van der Waals surface area contributed by atoms with Crippen molar-refractivity contribution < 1.29 is 19.1 Å². The first-order chi connectivity index (χ1) is 17.2. The number of hydrogen-bond donors (Lipinski definition) is 0. The lowest BCUT2D eigenvalue weighted by Crippen LogP contribution is -2.15. The third kappa shape index (κ3) is 16.2. The van der Waals surface area contributed by atoms with Gasteiger partial charge in [0.25, 0.3) is 0 Å². The molecule has 0 spiro atoms. The standard InChI is InChI=1S/C31H50O4/c1-3-5-7-8-9-10-11-12-13-14-15-16-17-18-19-23-27-35-31(33)29-25-21-20-24-28(29)30(32)34-26-22-6-4-2/h4,20-21,24-25H,2-3,5-19,22-23,26-27H2,1H3. The highest BCUT2D eigenvalue weighted by atomic mass is 16.5. The fraction of sp³-hybridized carbons (Fsp3) is 0.677. The molecule has 1 rings (SSSR count). The van der Waals surface area contributed by atoms with Crippen LogP contribution in [0.3, 0.4) is 0 Å². The molecule has 0 fully saturated rings. The molecule has 0 atom stereocenters. The summed E-state index contributed by atoms with van der Waals surface area (Å²) in [4.78, 5) is 24.8. The molecule has 0 amide bonds. The zero-order valence-electron chi connectivity index (χ0n) is 22.4. The van der Waals surface area contributed by atoms with Crippen molar-refractivity contribution in [3.8, 4) is 0 Å². The van der Waals surface area contributed by atoms with Crippen LogP contribution in [0.15, 0.2) is 36.9 Å². The Morgan fingerprint density at radius 1 is 0.629 bits per heavy atom. The van der Waals surface area contributed by atoms with Crippen LogP contribution >= 0.6 is 0 Å². The summed E-state index contributed by atoms with van der Waals surface area (Å²) in [7, 11) is 0. The molecule has 1 aromatic rings. The van der Waals surface area contributed by atoms with E-state index in [4.69, 9.17) is 9.47 Å². The Balaban J connectivity index is 2.03. The number of ether oxygens (including phenoxy) is 2. The number of allylic oxidation sites excluding steroid dienone is 1. The van der Waals surface area contributed by atoms with Gasteiger partial charge in [0.1, 0.15) is 0 Å². The van der Waals surface area contributed by atoms with Crippen LogP contribution in [0.4, 0.5) is 0 Å². The van der Waals surface area contributed by atoms with Gasteiger partial charge in [-0.25, -0.2) is 9.59 Å². The molecule has 0 saturated heterocycles.